The number of carbonyl (C=O) groups excluding carboxylic acids is 4. The summed E-state index contributed by atoms with van der Waals surface area (Å²) in [5.74, 6) is -3.39. The highest BCUT2D eigenvalue weighted by Gasteiger charge is 2.48. The van der Waals surface area contributed by atoms with E-state index in [1.807, 2.05) is 13.8 Å². The molecule has 46 heavy (non-hydrogen) atoms. The maximum Gasteiger partial charge on any atom is 0.335 e. The number of benzene rings is 1. The lowest BCUT2D eigenvalue weighted by molar-refractivity contribution is -0.271. The van der Waals surface area contributed by atoms with Crippen molar-refractivity contribution in [1.29, 1.82) is 0 Å². The second-order valence-electron chi connectivity index (χ2n) is 11.4. The number of ether oxygens (including phenoxy) is 4. The summed E-state index contributed by atoms with van der Waals surface area (Å²) in [5.41, 5.74) is 1.23. The largest absolute Gasteiger partial charge is 0.479 e. The van der Waals surface area contributed by atoms with Crippen LogP contribution in [-0.2, 0) is 51.2 Å². The number of hydrogen-bond donors (Lipinski definition) is 5. The van der Waals surface area contributed by atoms with Crippen LogP contribution in [0.2, 0.25) is 0 Å². The third-order valence-electron chi connectivity index (χ3n) is 7.71. The van der Waals surface area contributed by atoms with Gasteiger partial charge in [0, 0.05) is 43.8 Å². The summed E-state index contributed by atoms with van der Waals surface area (Å²) in [6.45, 7) is 6.19. The van der Waals surface area contributed by atoms with Crippen LogP contribution in [0.25, 0.3) is 0 Å². The molecule has 1 saturated heterocycles. The van der Waals surface area contributed by atoms with Crippen LogP contribution in [0.1, 0.15) is 44.7 Å². The van der Waals surface area contributed by atoms with Gasteiger partial charge in [-0.25, -0.2) is 4.79 Å². The number of carboxylic acid groups (broad SMARTS) is 1. The second-order valence-corrected chi connectivity index (χ2v) is 11.4. The minimum atomic E-state index is -1.87. The molecule has 2 aliphatic rings. The van der Waals surface area contributed by atoms with Crippen molar-refractivity contribution in [2.24, 2.45) is 11.8 Å². The van der Waals surface area contributed by atoms with Crippen LogP contribution in [-0.4, -0.2) is 112 Å². The molecule has 0 bridgehead atoms. The molecule has 15 nitrogen and oxygen atoms in total. The van der Waals surface area contributed by atoms with E-state index < -0.39 is 54.5 Å². The van der Waals surface area contributed by atoms with E-state index in [2.05, 4.69) is 5.32 Å². The average Bonchev–Trinajstić information content (AvgIpc) is 3.34. The van der Waals surface area contributed by atoms with Crippen LogP contribution in [0, 0.1) is 11.8 Å². The third-order valence-corrected chi connectivity index (χ3v) is 7.71. The lowest BCUT2D eigenvalue weighted by Crippen LogP contribution is -2.61. The highest BCUT2D eigenvalue weighted by atomic mass is 16.7. The highest BCUT2D eigenvalue weighted by molar-refractivity contribution is 6.13. The van der Waals surface area contributed by atoms with E-state index in [9.17, 15) is 44.4 Å². The van der Waals surface area contributed by atoms with E-state index in [4.69, 9.17) is 18.9 Å². The molecular weight excluding hydrogens is 608 g/mol. The molecule has 254 valence electrons. The fourth-order valence-corrected chi connectivity index (χ4v) is 4.54. The first-order valence-electron chi connectivity index (χ1n) is 15.1. The Morgan fingerprint density at radius 3 is 2.35 bits per heavy atom. The van der Waals surface area contributed by atoms with Crippen LogP contribution >= 0.6 is 0 Å². The maximum absolute atomic E-state index is 12.5. The monoisotopic (exact) mass is 650 g/mol. The first kappa shape index (κ1) is 36.6. The van der Waals surface area contributed by atoms with Gasteiger partial charge in [-0.15, -0.1) is 0 Å². The van der Waals surface area contributed by atoms with Crippen molar-refractivity contribution < 1.29 is 63.3 Å². The van der Waals surface area contributed by atoms with Gasteiger partial charge in [-0.05, 0) is 36.5 Å². The van der Waals surface area contributed by atoms with Gasteiger partial charge >= 0.3 is 11.9 Å². The molecule has 1 aromatic carbocycles. The molecule has 5 N–H and O–H groups in total. The van der Waals surface area contributed by atoms with E-state index >= 15 is 0 Å². The summed E-state index contributed by atoms with van der Waals surface area (Å²) < 4.78 is 22.1. The quantitative estimate of drug-likeness (QED) is 0.0830. The van der Waals surface area contributed by atoms with E-state index in [1.165, 1.54) is 0 Å². The van der Waals surface area contributed by atoms with Gasteiger partial charge in [0.2, 0.25) is 12.2 Å². The summed E-state index contributed by atoms with van der Waals surface area (Å²) >= 11 is 0. The summed E-state index contributed by atoms with van der Waals surface area (Å²) in [7, 11) is 0. The number of carboxylic acids is 1. The number of carbonyl (C=O) groups is 5. The van der Waals surface area contributed by atoms with Crippen LogP contribution in [0.3, 0.4) is 0 Å². The number of aliphatic hydroxyl groups excluding tert-OH is 3. The normalized spacial score (nSPS) is 23.5. The Morgan fingerprint density at radius 1 is 1.00 bits per heavy atom. The number of imide groups is 1. The fraction of sp³-hybridized carbons (Fsp3) is 0.581. The summed E-state index contributed by atoms with van der Waals surface area (Å²) in [6, 6.07) is 4.99. The molecule has 0 radical (unpaired) electrons. The van der Waals surface area contributed by atoms with Gasteiger partial charge in [0.25, 0.3) is 11.8 Å². The van der Waals surface area contributed by atoms with Crippen molar-refractivity contribution in [1.82, 2.24) is 10.2 Å². The summed E-state index contributed by atoms with van der Waals surface area (Å²) in [5, 5.41) is 42.5. The van der Waals surface area contributed by atoms with Crippen molar-refractivity contribution >= 4 is 29.7 Å². The van der Waals surface area contributed by atoms with Gasteiger partial charge in [0.05, 0.1) is 12.5 Å². The average molecular weight is 651 g/mol. The van der Waals surface area contributed by atoms with E-state index in [1.54, 1.807) is 25.1 Å². The van der Waals surface area contributed by atoms with Crippen molar-refractivity contribution in [3.05, 3.63) is 41.5 Å². The zero-order chi connectivity index (χ0) is 34.0. The second kappa shape index (κ2) is 17.1. The summed E-state index contributed by atoms with van der Waals surface area (Å²) in [4.78, 5) is 60.1. The smallest absolute Gasteiger partial charge is 0.335 e. The predicted molar refractivity (Wildman–Crippen MR) is 158 cm³/mol. The molecule has 0 spiro atoms. The van der Waals surface area contributed by atoms with Gasteiger partial charge in [0.1, 0.15) is 30.7 Å². The van der Waals surface area contributed by atoms with E-state index in [0.717, 1.165) is 22.6 Å². The van der Waals surface area contributed by atoms with Crippen LogP contribution in [0.4, 0.5) is 0 Å². The number of amides is 3. The van der Waals surface area contributed by atoms with Gasteiger partial charge < -0.3 is 44.7 Å². The molecule has 1 aromatic rings. The van der Waals surface area contributed by atoms with Crippen LogP contribution in [0.15, 0.2) is 30.4 Å². The first-order chi connectivity index (χ1) is 21.8. The predicted octanol–water partition coefficient (Wildman–Crippen LogP) is -0.327. The molecule has 15 heteroatoms. The van der Waals surface area contributed by atoms with Crippen molar-refractivity contribution in [2.75, 3.05) is 26.3 Å². The van der Waals surface area contributed by atoms with Crippen molar-refractivity contribution in [3.63, 3.8) is 0 Å². The van der Waals surface area contributed by atoms with Crippen molar-refractivity contribution in [2.45, 2.75) is 77.3 Å². The summed E-state index contributed by atoms with van der Waals surface area (Å²) in [6.07, 6.45) is -5.50. The van der Waals surface area contributed by atoms with Crippen LogP contribution in [0.5, 0.6) is 5.75 Å². The molecule has 0 saturated carbocycles. The molecule has 2 heterocycles. The first-order valence-corrected chi connectivity index (χ1v) is 15.1. The molecule has 3 amide bonds. The van der Waals surface area contributed by atoms with Gasteiger partial charge in [-0.1, -0.05) is 26.8 Å². The zero-order valence-electron chi connectivity index (χ0n) is 26.0. The molecule has 6 atom stereocenters. The Morgan fingerprint density at radius 2 is 1.70 bits per heavy atom. The number of nitrogens with one attached hydrogen (secondary N) is 1. The molecular formula is C31H42N2O13. The lowest BCUT2D eigenvalue weighted by atomic mass is 9.98. The Labute approximate surface area is 266 Å². The number of aliphatic hydroxyl groups is 3. The Hall–Kier alpha value is -3.89. The molecule has 1 unspecified atom stereocenters. The number of aliphatic carboxylic acids is 1. The Balaban J connectivity index is 1.52. The highest BCUT2D eigenvalue weighted by Crippen LogP contribution is 2.29. The molecule has 1 fully saturated rings. The van der Waals surface area contributed by atoms with Crippen molar-refractivity contribution in [3.8, 4) is 5.75 Å². The molecule has 0 aromatic heterocycles. The molecule has 0 aliphatic carbocycles. The van der Waals surface area contributed by atoms with Crippen LogP contribution < -0.4 is 10.1 Å². The number of hydrogen-bond acceptors (Lipinski definition) is 12. The number of rotatable bonds is 17. The van der Waals surface area contributed by atoms with Gasteiger partial charge in [-0.3, -0.25) is 24.1 Å². The van der Waals surface area contributed by atoms with E-state index in [0.29, 0.717) is 25.0 Å². The van der Waals surface area contributed by atoms with Gasteiger partial charge in [-0.2, -0.15) is 0 Å². The lowest BCUT2D eigenvalue weighted by Gasteiger charge is -2.38. The van der Waals surface area contributed by atoms with E-state index in [-0.39, 0.29) is 56.2 Å². The number of esters is 1. The fourth-order valence-electron chi connectivity index (χ4n) is 4.54. The Kier molecular flexibility index (Phi) is 13.6. The number of aryl methyl sites for hydroxylation is 1. The minimum absolute atomic E-state index is 0.00131. The standard InChI is InChI=1S/C31H42N2O13/c1-17(2)18(3)30(42)44-16-20-15-19(6-7-21(20)45-31-27(39)25(37)26(38)28(46-31)29(40)41)5-4-13-43-14-11-32-22(34)10-12-33-23(35)8-9-24(33)36/h6-9,15,17-18,25-28,31,37-39H,4-5,10-14,16H2,1-3H3,(H,32,34)(H,40,41)/t18?,25-,26-,27+,28-,31+/m0/s1. The molecule has 2 aliphatic heterocycles. The third kappa shape index (κ3) is 10.1. The molecule has 3 rings (SSSR count). The van der Waals surface area contributed by atoms with Gasteiger partial charge in [0.15, 0.2) is 6.10 Å². The Bertz CT molecular complexity index is 1260. The maximum atomic E-state index is 12.5. The number of nitrogens with zero attached hydrogens (tertiary/aromatic N) is 1. The topological polar surface area (TPSA) is 218 Å². The zero-order valence-corrected chi connectivity index (χ0v) is 26.0. The minimum Gasteiger partial charge on any atom is -0.479 e. The SMILES string of the molecule is CC(C)C(C)C(=O)OCc1cc(CCCOCCNC(=O)CCN2C(=O)C=CC2=O)ccc1O[C@@H]1O[C@H](C(=O)O)[C@@H](O)[C@H](O)[C@H]1O.